The molecule has 0 fully saturated rings. The molecule has 0 aliphatic rings. The Morgan fingerprint density at radius 1 is 1.31 bits per heavy atom. The van der Waals surface area contributed by atoms with Crippen LogP contribution in [0.15, 0.2) is 47.6 Å². The Labute approximate surface area is 152 Å². The second kappa shape index (κ2) is 7.50. The molecule has 0 aliphatic carbocycles. The molecule has 0 N–H and O–H groups in total. The van der Waals surface area contributed by atoms with Crippen molar-refractivity contribution in [2.24, 2.45) is 0 Å². The Morgan fingerprint density at radius 3 is 2.54 bits per heavy atom. The van der Waals surface area contributed by atoms with Gasteiger partial charge in [0.25, 0.3) is 10.0 Å². The highest BCUT2D eigenvalue weighted by Gasteiger charge is 2.34. The highest BCUT2D eigenvalue weighted by atomic mass is 35.5. The minimum absolute atomic E-state index is 0.283. The monoisotopic (exact) mass is 408 g/mol. The number of sulfonamides is 1. The van der Waals surface area contributed by atoms with Gasteiger partial charge in [0.05, 0.1) is 23.4 Å². The topological polar surface area (TPSA) is 76.6 Å². The normalized spacial score (nSPS) is 11.9. The van der Waals surface area contributed by atoms with Gasteiger partial charge < -0.3 is 4.74 Å². The van der Waals surface area contributed by atoms with Crippen molar-refractivity contribution in [1.82, 2.24) is 4.98 Å². The summed E-state index contributed by atoms with van der Waals surface area (Å²) in [4.78, 5) is 15.0. The van der Waals surface area contributed by atoms with Gasteiger partial charge in [-0.15, -0.1) is 0 Å². The molecule has 11 heteroatoms. The highest BCUT2D eigenvalue weighted by molar-refractivity contribution is 7.92. The fraction of sp³-hybridized carbons (Fsp3) is 0.200. The van der Waals surface area contributed by atoms with E-state index < -0.39 is 40.0 Å². The van der Waals surface area contributed by atoms with Gasteiger partial charge in [0, 0.05) is 12.4 Å². The summed E-state index contributed by atoms with van der Waals surface area (Å²) in [6.45, 7) is -0.866. The van der Waals surface area contributed by atoms with Crippen LogP contribution in [0.4, 0.5) is 18.9 Å². The second-order valence-corrected chi connectivity index (χ2v) is 7.21. The van der Waals surface area contributed by atoms with Crippen LogP contribution >= 0.6 is 11.6 Å². The number of hydrogen-bond donors (Lipinski definition) is 0. The molecular weight excluding hydrogens is 397 g/mol. The Balaban J connectivity index is 2.65. The number of hydrogen-bond acceptors (Lipinski definition) is 5. The lowest BCUT2D eigenvalue weighted by molar-refractivity contribution is -0.139. The van der Waals surface area contributed by atoms with E-state index in [-0.39, 0.29) is 9.92 Å². The highest BCUT2D eigenvalue weighted by Crippen LogP contribution is 2.37. The summed E-state index contributed by atoms with van der Waals surface area (Å²) in [5.41, 5.74) is -1.62. The van der Waals surface area contributed by atoms with E-state index in [4.69, 9.17) is 11.6 Å². The summed E-state index contributed by atoms with van der Waals surface area (Å²) in [5, 5.41) is -0.283. The smallest absolute Gasteiger partial charge is 0.416 e. The fourth-order valence-electron chi connectivity index (χ4n) is 1.99. The lowest BCUT2D eigenvalue weighted by Gasteiger charge is -2.25. The third kappa shape index (κ3) is 4.25. The quantitative estimate of drug-likeness (QED) is 0.710. The van der Waals surface area contributed by atoms with Gasteiger partial charge in [-0.2, -0.15) is 13.2 Å². The molecule has 0 aliphatic heterocycles. The number of carbonyl (C=O) groups is 1. The SMILES string of the molecule is COC(=O)CN(c1cc(C(F)(F)F)ccc1Cl)S(=O)(=O)c1cccnc1. The predicted octanol–water partition coefficient (Wildman–Crippen LogP) is 3.12. The van der Waals surface area contributed by atoms with Crippen LogP contribution in [0.2, 0.25) is 5.02 Å². The number of carbonyl (C=O) groups excluding carboxylic acids is 1. The minimum Gasteiger partial charge on any atom is -0.468 e. The van der Waals surface area contributed by atoms with E-state index in [0.29, 0.717) is 16.4 Å². The molecule has 140 valence electrons. The second-order valence-electron chi connectivity index (χ2n) is 4.94. The molecule has 0 amide bonds. The van der Waals surface area contributed by atoms with E-state index >= 15 is 0 Å². The lowest BCUT2D eigenvalue weighted by Crippen LogP contribution is -2.36. The van der Waals surface area contributed by atoms with Gasteiger partial charge in [0.1, 0.15) is 11.4 Å². The molecule has 0 bridgehead atoms. The zero-order chi connectivity index (χ0) is 19.5. The number of halogens is 4. The van der Waals surface area contributed by atoms with Gasteiger partial charge in [0.15, 0.2) is 0 Å². The van der Waals surface area contributed by atoms with Crippen molar-refractivity contribution in [2.45, 2.75) is 11.1 Å². The minimum atomic E-state index is -4.73. The number of ether oxygens (including phenoxy) is 1. The third-order valence-electron chi connectivity index (χ3n) is 3.26. The maximum absolute atomic E-state index is 13.0. The van der Waals surface area contributed by atoms with Crippen molar-refractivity contribution in [3.05, 3.63) is 53.3 Å². The van der Waals surface area contributed by atoms with E-state index in [9.17, 15) is 26.4 Å². The maximum Gasteiger partial charge on any atom is 0.416 e. The molecule has 26 heavy (non-hydrogen) atoms. The average molecular weight is 409 g/mol. The molecule has 2 rings (SSSR count). The molecule has 1 aromatic carbocycles. The molecule has 0 saturated carbocycles. The molecule has 0 unspecified atom stereocenters. The number of anilines is 1. The van der Waals surface area contributed by atoms with Crippen LogP contribution in [-0.2, 0) is 25.7 Å². The van der Waals surface area contributed by atoms with Crippen LogP contribution in [-0.4, -0.2) is 33.0 Å². The number of esters is 1. The summed E-state index contributed by atoms with van der Waals surface area (Å²) < 4.78 is 69.6. The summed E-state index contributed by atoms with van der Waals surface area (Å²) in [6.07, 6.45) is -2.41. The molecule has 1 aromatic heterocycles. The van der Waals surface area contributed by atoms with Gasteiger partial charge in [0.2, 0.25) is 0 Å². The Bertz CT molecular complexity index is 905. The van der Waals surface area contributed by atoms with Gasteiger partial charge in [-0.1, -0.05) is 11.6 Å². The van der Waals surface area contributed by atoms with Crippen molar-refractivity contribution >= 4 is 33.3 Å². The number of nitrogens with zero attached hydrogens (tertiary/aromatic N) is 2. The number of pyridine rings is 1. The van der Waals surface area contributed by atoms with E-state index in [0.717, 1.165) is 19.4 Å². The molecule has 0 spiro atoms. The zero-order valence-corrected chi connectivity index (χ0v) is 14.8. The molecule has 1 heterocycles. The van der Waals surface area contributed by atoms with E-state index in [1.165, 1.54) is 18.3 Å². The van der Waals surface area contributed by atoms with Crippen LogP contribution < -0.4 is 4.31 Å². The standard InChI is InChI=1S/C15H12ClF3N2O4S/c1-25-14(22)9-21(26(23,24)11-3-2-6-20-8-11)13-7-10(15(17,18)19)4-5-12(13)16/h2-8H,9H2,1H3. The average Bonchev–Trinajstić information content (AvgIpc) is 2.59. The van der Waals surface area contributed by atoms with Gasteiger partial charge in [-0.05, 0) is 30.3 Å². The van der Waals surface area contributed by atoms with Gasteiger partial charge >= 0.3 is 12.1 Å². The van der Waals surface area contributed by atoms with Crippen molar-refractivity contribution in [2.75, 3.05) is 18.0 Å². The first-order chi connectivity index (χ1) is 12.1. The third-order valence-corrected chi connectivity index (χ3v) is 5.33. The molecule has 0 saturated heterocycles. The van der Waals surface area contributed by atoms with Crippen molar-refractivity contribution in [1.29, 1.82) is 0 Å². The van der Waals surface area contributed by atoms with Crippen LogP contribution in [0, 0.1) is 0 Å². The van der Waals surface area contributed by atoms with Crippen molar-refractivity contribution < 1.29 is 31.1 Å². The van der Waals surface area contributed by atoms with Crippen molar-refractivity contribution in [3.63, 3.8) is 0 Å². The molecule has 6 nitrogen and oxygen atoms in total. The lowest BCUT2D eigenvalue weighted by atomic mass is 10.2. The summed E-state index contributed by atoms with van der Waals surface area (Å²) in [7, 11) is -3.41. The molecular formula is C15H12ClF3N2O4S. The zero-order valence-electron chi connectivity index (χ0n) is 13.2. The maximum atomic E-state index is 13.0. The van der Waals surface area contributed by atoms with Gasteiger partial charge in [-0.3, -0.25) is 14.1 Å². The first-order valence-corrected chi connectivity index (χ1v) is 8.75. The number of benzene rings is 1. The van der Waals surface area contributed by atoms with Crippen LogP contribution in [0.1, 0.15) is 5.56 Å². The Morgan fingerprint density at radius 2 is 2.00 bits per heavy atom. The van der Waals surface area contributed by atoms with Crippen LogP contribution in [0.5, 0.6) is 0 Å². The summed E-state index contributed by atoms with van der Waals surface area (Å²) >= 11 is 5.92. The van der Waals surface area contributed by atoms with E-state index in [2.05, 4.69) is 9.72 Å². The van der Waals surface area contributed by atoms with E-state index in [1.807, 2.05) is 0 Å². The number of rotatable bonds is 5. The summed E-state index contributed by atoms with van der Waals surface area (Å²) in [6, 6.07) is 4.69. The van der Waals surface area contributed by atoms with Crippen molar-refractivity contribution in [3.8, 4) is 0 Å². The Kier molecular flexibility index (Phi) is 5.77. The van der Waals surface area contributed by atoms with Crippen LogP contribution in [0.3, 0.4) is 0 Å². The first kappa shape index (κ1) is 20.0. The molecule has 2 aromatic rings. The predicted molar refractivity (Wildman–Crippen MR) is 87.2 cm³/mol. The molecule has 0 atom stereocenters. The number of alkyl halides is 3. The van der Waals surface area contributed by atoms with Gasteiger partial charge in [-0.25, -0.2) is 8.42 Å². The molecule has 0 radical (unpaired) electrons. The first-order valence-electron chi connectivity index (χ1n) is 6.93. The summed E-state index contributed by atoms with van der Waals surface area (Å²) in [5.74, 6) is -0.981. The number of aromatic nitrogens is 1. The Hall–Kier alpha value is -2.33. The largest absolute Gasteiger partial charge is 0.468 e. The van der Waals surface area contributed by atoms with E-state index in [1.54, 1.807) is 0 Å². The van der Waals surface area contributed by atoms with Crippen LogP contribution in [0.25, 0.3) is 0 Å². The number of methoxy groups -OCH3 is 1. The fourth-order valence-corrected chi connectivity index (χ4v) is 3.64.